The topological polar surface area (TPSA) is 39.2 Å². The molecule has 0 radical (unpaired) electrons. The Labute approximate surface area is 83.1 Å². The van der Waals surface area contributed by atoms with Crippen LogP contribution < -0.4 is 4.74 Å². The summed E-state index contributed by atoms with van der Waals surface area (Å²) in [5.41, 5.74) is 1.39. The Kier molecular flexibility index (Phi) is 3.69. The predicted molar refractivity (Wildman–Crippen MR) is 53.3 cm³/mol. The Hall–Kier alpha value is -1.82. The third-order valence-corrected chi connectivity index (χ3v) is 1.67. The van der Waals surface area contributed by atoms with Gasteiger partial charge in [-0.15, -0.1) is 12.3 Å². The molecule has 1 heterocycles. The van der Waals surface area contributed by atoms with Gasteiger partial charge in [0.2, 0.25) is 5.88 Å². The lowest BCUT2D eigenvalue weighted by atomic mass is 10.2. The number of rotatable bonds is 4. The van der Waals surface area contributed by atoms with Gasteiger partial charge >= 0.3 is 0 Å². The summed E-state index contributed by atoms with van der Waals surface area (Å²) in [6, 6.07) is 1.73. The number of aldehydes is 1. The van der Waals surface area contributed by atoms with Crippen LogP contribution in [0.4, 0.5) is 0 Å². The first-order chi connectivity index (χ1) is 6.77. The van der Waals surface area contributed by atoms with Gasteiger partial charge in [-0.05, 0) is 13.0 Å². The average Bonchev–Trinajstić information content (AvgIpc) is 2.20. The molecule has 1 rings (SSSR count). The van der Waals surface area contributed by atoms with Crippen LogP contribution in [-0.2, 0) is 0 Å². The molecule has 0 N–H and O–H groups in total. The number of hydrogen-bond acceptors (Lipinski definition) is 3. The van der Waals surface area contributed by atoms with Gasteiger partial charge in [0.1, 0.15) is 6.61 Å². The van der Waals surface area contributed by atoms with Crippen LogP contribution >= 0.6 is 0 Å². The van der Waals surface area contributed by atoms with E-state index in [1.807, 2.05) is 6.92 Å². The summed E-state index contributed by atoms with van der Waals surface area (Å²) < 4.78 is 5.31. The van der Waals surface area contributed by atoms with E-state index in [-0.39, 0.29) is 0 Å². The predicted octanol–water partition coefficient (Wildman–Crippen LogP) is 1.60. The van der Waals surface area contributed by atoms with Crippen molar-refractivity contribution in [3.05, 3.63) is 23.4 Å². The maximum absolute atomic E-state index is 10.4. The Balaban J connectivity index is 2.69. The monoisotopic (exact) mass is 189 g/mol. The van der Waals surface area contributed by atoms with Crippen LogP contribution in [0.25, 0.3) is 0 Å². The number of aromatic nitrogens is 1. The van der Waals surface area contributed by atoms with Crippen molar-refractivity contribution in [2.45, 2.75) is 13.3 Å². The largest absolute Gasteiger partial charge is 0.476 e. The SMILES string of the molecule is C#CCCOc1ncc(C=O)cc1C. The molecule has 3 heteroatoms. The Bertz CT molecular complexity index is 366. The molecule has 0 aromatic carbocycles. The lowest BCUT2D eigenvalue weighted by molar-refractivity contribution is 0.112. The second kappa shape index (κ2) is 5.03. The molecule has 0 saturated carbocycles. The minimum atomic E-state index is 0.449. The molecule has 0 saturated heterocycles. The van der Waals surface area contributed by atoms with Crippen molar-refractivity contribution in [1.82, 2.24) is 4.98 Å². The van der Waals surface area contributed by atoms with Crippen LogP contribution in [0.3, 0.4) is 0 Å². The van der Waals surface area contributed by atoms with Crippen LogP contribution in [0.5, 0.6) is 5.88 Å². The summed E-state index contributed by atoms with van der Waals surface area (Å²) in [4.78, 5) is 14.4. The van der Waals surface area contributed by atoms with E-state index < -0.39 is 0 Å². The van der Waals surface area contributed by atoms with Crippen molar-refractivity contribution < 1.29 is 9.53 Å². The molecule has 0 aliphatic carbocycles. The third kappa shape index (κ3) is 2.60. The molecular formula is C11H11NO2. The van der Waals surface area contributed by atoms with E-state index in [0.29, 0.717) is 24.5 Å². The van der Waals surface area contributed by atoms with Crippen molar-refractivity contribution in [1.29, 1.82) is 0 Å². The number of nitrogens with zero attached hydrogens (tertiary/aromatic N) is 1. The van der Waals surface area contributed by atoms with Gasteiger partial charge < -0.3 is 4.74 Å². The number of hydrogen-bond donors (Lipinski definition) is 0. The normalized spacial score (nSPS) is 9.14. The first kappa shape index (κ1) is 10.3. The second-order valence-corrected chi connectivity index (χ2v) is 2.81. The smallest absolute Gasteiger partial charge is 0.216 e. The quantitative estimate of drug-likeness (QED) is 0.410. The van der Waals surface area contributed by atoms with Crippen molar-refractivity contribution >= 4 is 6.29 Å². The molecule has 1 aromatic rings. The van der Waals surface area contributed by atoms with E-state index in [2.05, 4.69) is 10.9 Å². The molecule has 1 aromatic heterocycles. The van der Waals surface area contributed by atoms with Gasteiger partial charge in [-0.3, -0.25) is 4.79 Å². The van der Waals surface area contributed by atoms with Gasteiger partial charge in [0, 0.05) is 23.7 Å². The minimum absolute atomic E-state index is 0.449. The van der Waals surface area contributed by atoms with E-state index in [9.17, 15) is 4.79 Å². The molecular weight excluding hydrogens is 178 g/mol. The summed E-state index contributed by atoms with van der Waals surface area (Å²) in [6.45, 7) is 2.29. The zero-order chi connectivity index (χ0) is 10.4. The molecule has 0 atom stereocenters. The van der Waals surface area contributed by atoms with E-state index in [1.165, 1.54) is 6.20 Å². The fourth-order valence-corrected chi connectivity index (χ4v) is 1.01. The summed E-state index contributed by atoms with van der Waals surface area (Å²) >= 11 is 0. The number of ether oxygens (including phenoxy) is 1. The van der Waals surface area contributed by atoms with Crippen molar-refractivity contribution in [2.24, 2.45) is 0 Å². The number of pyridine rings is 1. The van der Waals surface area contributed by atoms with E-state index in [0.717, 1.165) is 11.8 Å². The summed E-state index contributed by atoms with van der Waals surface area (Å²) in [5.74, 6) is 3.00. The van der Waals surface area contributed by atoms with Gasteiger partial charge in [-0.2, -0.15) is 0 Å². The lowest BCUT2D eigenvalue weighted by Crippen LogP contribution is -2.00. The van der Waals surface area contributed by atoms with Crippen LogP contribution in [0.2, 0.25) is 0 Å². The van der Waals surface area contributed by atoms with Crippen LogP contribution in [0.1, 0.15) is 22.3 Å². The number of aryl methyl sites for hydroxylation is 1. The maximum Gasteiger partial charge on any atom is 0.216 e. The Morgan fingerprint density at radius 1 is 1.71 bits per heavy atom. The first-order valence-electron chi connectivity index (χ1n) is 4.26. The second-order valence-electron chi connectivity index (χ2n) is 2.81. The van der Waals surface area contributed by atoms with Gasteiger partial charge in [0.15, 0.2) is 6.29 Å². The fraction of sp³-hybridized carbons (Fsp3) is 0.273. The maximum atomic E-state index is 10.4. The molecule has 72 valence electrons. The lowest BCUT2D eigenvalue weighted by Gasteiger charge is -2.05. The van der Waals surface area contributed by atoms with Gasteiger partial charge in [-0.1, -0.05) is 0 Å². The highest BCUT2D eigenvalue weighted by atomic mass is 16.5. The summed E-state index contributed by atoms with van der Waals surface area (Å²) in [7, 11) is 0. The van der Waals surface area contributed by atoms with Crippen LogP contribution in [0.15, 0.2) is 12.3 Å². The number of carbonyl (C=O) groups excluding carboxylic acids is 1. The molecule has 3 nitrogen and oxygen atoms in total. The molecule has 0 fully saturated rings. The molecule has 0 aliphatic rings. The highest BCUT2D eigenvalue weighted by molar-refractivity contribution is 5.74. The zero-order valence-electron chi connectivity index (χ0n) is 7.99. The molecule has 0 spiro atoms. The summed E-state index contributed by atoms with van der Waals surface area (Å²) in [5, 5.41) is 0. The first-order valence-corrected chi connectivity index (χ1v) is 4.26. The highest BCUT2D eigenvalue weighted by Crippen LogP contribution is 2.14. The highest BCUT2D eigenvalue weighted by Gasteiger charge is 2.01. The minimum Gasteiger partial charge on any atom is -0.476 e. The van der Waals surface area contributed by atoms with Crippen LogP contribution in [0, 0.1) is 19.3 Å². The van der Waals surface area contributed by atoms with Gasteiger partial charge in [-0.25, -0.2) is 4.98 Å². The van der Waals surface area contributed by atoms with E-state index in [1.54, 1.807) is 6.07 Å². The van der Waals surface area contributed by atoms with E-state index >= 15 is 0 Å². The summed E-state index contributed by atoms with van der Waals surface area (Å²) in [6.07, 6.45) is 7.86. The molecule has 0 aliphatic heterocycles. The number of terminal acetylenes is 1. The van der Waals surface area contributed by atoms with E-state index in [4.69, 9.17) is 11.2 Å². The standard InChI is InChI=1S/C11H11NO2/c1-3-4-5-14-11-9(2)6-10(8-13)7-12-11/h1,6-8H,4-5H2,2H3. The Morgan fingerprint density at radius 3 is 3.07 bits per heavy atom. The third-order valence-electron chi connectivity index (χ3n) is 1.67. The molecule has 14 heavy (non-hydrogen) atoms. The molecule has 0 unspecified atom stereocenters. The average molecular weight is 189 g/mol. The molecule has 0 amide bonds. The zero-order valence-corrected chi connectivity index (χ0v) is 7.99. The Morgan fingerprint density at radius 2 is 2.50 bits per heavy atom. The molecule has 0 bridgehead atoms. The van der Waals surface area contributed by atoms with Gasteiger partial charge in [0.05, 0.1) is 0 Å². The van der Waals surface area contributed by atoms with Crippen LogP contribution in [-0.4, -0.2) is 17.9 Å². The van der Waals surface area contributed by atoms with Crippen molar-refractivity contribution in [3.63, 3.8) is 0 Å². The fourth-order valence-electron chi connectivity index (χ4n) is 1.01. The number of carbonyl (C=O) groups is 1. The van der Waals surface area contributed by atoms with Crippen molar-refractivity contribution in [3.8, 4) is 18.2 Å². The van der Waals surface area contributed by atoms with Crippen molar-refractivity contribution in [2.75, 3.05) is 6.61 Å². The van der Waals surface area contributed by atoms with Gasteiger partial charge in [0.25, 0.3) is 0 Å².